The second-order valence-corrected chi connectivity index (χ2v) is 7.70. The van der Waals surface area contributed by atoms with Gasteiger partial charge in [0, 0.05) is 11.4 Å². The zero-order valence-electron chi connectivity index (χ0n) is 11.8. The number of rotatable bonds is 5. The molecule has 1 aromatic rings. The van der Waals surface area contributed by atoms with Crippen LogP contribution in [-0.2, 0) is 16.4 Å². The highest BCUT2D eigenvalue weighted by molar-refractivity contribution is 7.89. The second-order valence-electron chi connectivity index (χ2n) is 5.42. The standard InChI is InChI=1S/C15H22ClNO2S/c1-2-5-12-8-10-13(11-9-12)20(18,19)17-15-7-4-3-6-14(15)16/h8-11,14-15,17H,2-7H2,1H3. The molecule has 2 atom stereocenters. The van der Waals surface area contributed by atoms with Crippen LogP contribution in [0, 0.1) is 0 Å². The third-order valence-electron chi connectivity index (χ3n) is 3.76. The highest BCUT2D eigenvalue weighted by Crippen LogP contribution is 2.24. The first-order valence-electron chi connectivity index (χ1n) is 7.28. The number of benzene rings is 1. The van der Waals surface area contributed by atoms with Gasteiger partial charge in [0.2, 0.25) is 10.0 Å². The van der Waals surface area contributed by atoms with Gasteiger partial charge >= 0.3 is 0 Å². The van der Waals surface area contributed by atoms with E-state index in [1.165, 1.54) is 5.56 Å². The predicted octanol–water partition coefficient (Wildman–Crippen LogP) is 3.47. The number of sulfonamides is 1. The molecule has 5 heteroatoms. The van der Waals surface area contributed by atoms with Crippen molar-refractivity contribution in [2.24, 2.45) is 0 Å². The summed E-state index contributed by atoms with van der Waals surface area (Å²) in [7, 11) is -3.46. The lowest BCUT2D eigenvalue weighted by atomic mass is 9.96. The van der Waals surface area contributed by atoms with Gasteiger partial charge in [-0.1, -0.05) is 38.3 Å². The SMILES string of the molecule is CCCc1ccc(S(=O)(=O)NC2CCCCC2Cl)cc1. The molecule has 1 aliphatic rings. The Morgan fingerprint density at radius 3 is 2.45 bits per heavy atom. The van der Waals surface area contributed by atoms with E-state index in [0.29, 0.717) is 4.90 Å². The Hall–Kier alpha value is -0.580. The van der Waals surface area contributed by atoms with Crippen molar-refractivity contribution in [2.75, 3.05) is 0 Å². The normalized spacial score (nSPS) is 23.7. The minimum Gasteiger partial charge on any atom is -0.207 e. The quantitative estimate of drug-likeness (QED) is 0.846. The summed E-state index contributed by atoms with van der Waals surface area (Å²) in [5.74, 6) is 0. The first-order chi connectivity index (χ1) is 9.53. The smallest absolute Gasteiger partial charge is 0.207 e. The van der Waals surface area contributed by atoms with Gasteiger partial charge in [-0.3, -0.25) is 0 Å². The predicted molar refractivity (Wildman–Crippen MR) is 82.7 cm³/mol. The molecule has 20 heavy (non-hydrogen) atoms. The minimum absolute atomic E-state index is 0.0992. The van der Waals surface area contributed by atoms with E-state index < -0.39 is 10.0 Å². The average Bonchev–Trinajstić information content (AvgIpc) is 2.42. The zero-order chi connectivity index (χ0) is 14.6. The molecule has 1 aliphatic carbocycles. The lowest BCUT2D eigenvalue weighted by Gasteiger charge is -2.27. The summed E-state index contributed by atoms with van der Waals surface area (Å²) in [6.45, 7) is 2.11. The van der Waals surface area contributed by atoms with Crippen LogP contribution < -0.4 is 4.72 Å². The van der Waals surface area contributed by atoms with Crippen molar-refractivity contribution in [3.8, 4) is 0 Å². The number of hydrogen-bond acceptors (Lipinski definition) is 2. The Kier molecular flexibility index (Phi) is 5.47. The topological polar surface area (TPSA) is 46.2 Å². The summed E-state index contributed by atoms with van der Waals surface area (Å²) in [5, 5.41) is -0.0992. The average molecular weight is 316 g/mol. The van der Waals surface area contributed by atoms with E-state index in [0.717, 1.165) is 38.5 Å². The maximum Gasteiger partial charge on any atom is 0.240 e. The highest BCUT2D eigenvalue weighted by Gasteiger charge is 2.28. The van der Waals surface area contributed by atoms with Gasteiger partial charge in [0.1, 0.15) is 0 Å². The van der Waals surface area contributed by atoms with Gasteiger partial charge in [0.15, 0.2) is 0 Å². The number of alkyl halides is 1. The molecule has 1 N–H and O–H groups in total. The lowest BCUT2D eigenvalue weighted by Crippen LogP contribution is -2.42. The van der Waals surface area contributed by atoms with Crippen LogP contribution in [-0.4, -0.2) is 19.8 Å². The zero-order valence-corrected chi connectivity index (χ0v) is 13.4. The Morgan fingerprint density at radius 1 is 1.20 bits per heavy atom. The lowest BCUT2D eigenvalue weighted by molar-refractivity contribution is 0.418. The van der Waals surface area contributed by atoms with Crippen LogP contribution in [0.1, 0.15) is 44.6 Å². The van der Waals surface area contributed by atoms with Crippen LogP contribution in [0.2, 0.25) is 0 Å². The maximum absolute atomic E-state index is 12.3. The van der Waals surface area contributed by atoms with E-state index in [4.69, 9.17) is 11.6 Å². The Morgan fingerprint density at radius 2 is 1.85 bits per heavy atom. The van der Waals surface area contributed by atoms with Crippen molar-refractivity contribution in [3.05, 3.63) is 29.8 Å². The van der Waals surface area contributed by atoms with Crippen molar-refractivity contribution in [1.82, 2.24) is 4.72 Å². The fourth-order valence-corrected chi connectivity index (χ4v) is 4.34. The van der Waals surface area contributed by atoms with E-state index in [-0.39, 0.29) is 11.4 Å². The molecule has 0 aromatic heterocycles. The summed E-state index contributed by atoms with van der Waals surface area (Å²) in [6.07, 6.45) is 5.84. The van der Waals surface area contributed by atoms with Gasteiger partial charge in [-0.2, -0.15) is 0 Å². The molecule has 0 spiro atoms. The van der Waals surface area contributed by atoms with E-state index in [1.807, 2.05) is 12.1 Å². The molecular formula is C15H22ClNO2S. The largest absolute Gasteiger partial charge is 0.240 e. The van der Waals surface area contributed by atoms with Crippen LogP contribution in [0.3, 0.4) is 0 Å². The van der Waals surface area contributed by atoms with E-state index in [2.05, 4.69) is 11.6 Å². The monoisotopic (exact) mass is 315 g/mol. The summed E-state index contributed by atoms with van der Waals surface area (Å²) < 4.78 is 27.4. The molecule has 1 fully saturated rings. The number of nitrogens with one attached hydrogen (secondary N) is 1. The molecular weight excluding hydrogens is 294 g/mol. The molecule has 0 amide bonds. The molecule has 0 saturated heterocycles. The van der Waals surface area contributed by atoms with Crippen LogP contribution in [0.4, 0.5) is 0 Å². The molecule has 0 aliphatic heterocycles. The molecule has 2 rings (SSSR count). The highest BCUT2D eigenvalue weighted by atomic mass is 35.5. The van der Waals surface area contributed by atoms with Gasteiger partial charge in [-0.25, -0.2) is 13.1 Å². The Labute approximate surface area is 126 Å². The molecule has 112 valence electrons. The van der Waals surface area contributed by atoms with Crippen molar-refractivity contribution < 1.29 is 8.42 Å². The van der Waals surface area contributed by atoms with Crippen molar-refractivity contribution in [2.45, 2.75) is 61.8 Å². The summed E-state index contributed by atoms with van der Waals surface area (Å²) >= 11 is 6.22. The van der Waals surface area contributed by atoms with Crippen molar-refractivity contribution in [3.63, 3.8) is 0 Å². The van der Waals surface area contributed by atoms with E-state index in [9.17, 15) is 8.42 Å². The van der Waals surface area contributed by atoms with E-state index in [1.54, 1.807) is 12.1 Å². The van der Waals surface area contributed by atoms with Gasteiger partial charge in [-0.05, 0) is 37.0 Å². The summed E-state index contributed by atoms with van der Waals surface area (Å²) in [6, 6.07) is 6.98. The fraction of sp³-hybridized carbons (Fsp3) is 0.600. The third kappa shape index (κ3) is 3.96. The van der Waals surface area contributed by atoms with Gasteiger partial charge < -0.3 is 0 Å². The van der Waals surface area contributed by atoms with Crippen LogP contribution >= 0.6 is 11.6 Å². The molecule has 0 bridgehead atoms. The second kappa shape index (κ2) is 6.92. The van der Waals surface area contributed by atoms with Crippen LogP contribution in [0.25, 0.3) is 0 Å². The molecule has 1 saturated carbocycles. The first-order valence-corrected chi connectivity index (χ1v) is 9.20. The van der Waals surface area contributed by atoms with Crippen LogP contribution in [0.15, 0.2) is 29.2 Å². The summed E-state index contributed by atoms with van der Waals surface area (Å²) in [4.78, 5) is 0.326. The Bertz CT molecular complexity index is 527. The molecule has 3 nitrogen and oxygen atoms in total. The first kappa shape index (κ1) is 15.8. The maximum atomic E-state index is 12.3. The summed E-state index contributed by atoms with van der Waals surface area (Å²) in [5.41, 5.74) is 1.17. The van der Waals surface area contributed by atoms with Gasteiger partial charge in [-0.15, -0.1) is 11.6 Å². The number of halogens is 1. The van der Waals surface area contributed by atoms with Gasteiger partial charge in [0.25, 0.3) is 0 Å². The number of hydrogen-bond donors (Lipinski definition) is 1. The number of aryl methyl sites for hydroxylation is 1. The van der Waals surface area contributed by atoms with Crippen LogP contribution in [0.5, 0.6) is 0 Å². The third-order valence-corrected chi connectivity index (χ3v) is 5.79. The fourth-order valence-electron chi connectivity index (χ4n) is 2.61. The Balaban J connectivity index is 2.09. The van der Waals surface area contributed by atoms with Crippen molar-refractivity contribution >= 4 is 21.6 Å². The molecule has 0 heterocycles. The van der Waals surface area contributed by atoms with Gasteiger partial charge in [0.05, 0.1) is 4.90 Å². The molecule has 2 unspecified atom stereocenters. The van der Waals surface area contributed by atoms with E-state index >= 15 is 0 Å². The van der Waals surface area contributed by atoms with Crippen molar-refractivity contribution in [1.29, 1.82) is 0 Å². The molecule has 1 aromatic carbocycles. The molecule has 0 radical (unpaired) electrons. The minimum atomic E-state index is -3.46.